The maximum absolute atomic E-state index is 5.39. The molecule has 24 heavy (non-hydrogen) atoms. The lowest BCUT2D eigenvalue weighted by Crippen LogP contribution is -2.44. The minimum atomic E-state index is 0.136. The van der Waals surface area contributed by atoms with Crippen LogP contribution in [0.25, 0.3) is 5.78 Å². The van der Waals surface area contributed by atoms with Gasteiger partial charge in [-0.25, -0.2) is 9.50 Å². The summed E-state index contributed by atoms with van der Waals surface area (Å²) in [5.41, 5.74) is 1.92. The van der Waals surface area contributed by atoms with Gasteiger partial charge in [0.05, 0.1) is 12.5 Å². The molecule has 3 aromatic heterocycles. The van der Waals surface area contributed by atoms with Gasteiger partial charge in [0.15, 0.2) is 11.6 Å². The van der Waals surface area contributed by atoms with E-state index in [1.54, 1.807) is 4.52 Å². The highest BCUT2D eigenvalue weighted by Gasteiger charge is 2.25. The zero-order valence-electron chi connectivity index (χ0n) is 14.0. The highest BCUT2D eigenvalue weighted by Crippen LogP contribution is 2.18. The first kappa shape index (κ1) is 15.2. The van der Waals surface area contributed by atoms with Crippen molar-refractivity contribution in [2.24, 2.45) is 0 Å². The van der Waals surface area contributed by atoms with Gasteiger partial charge in [-0.1, -0.05) is 5.16 Å². The fraction of sp³-hybridized carbons (Fsp3) is 0.533. The van der Waals surface area contributed by atoms with Crippen LogP contribution in [0.2, 0.25) is 0 Å². The van der Waals surface area contributed by atoms with Gasteiger partial charge >= 0.3 is 0 Å². The van der Waals surface area contributed by atoms with Crippen molar-refractivity contribution in [2.45, 2.75) is 26.3 Å². The van der Waals surface area contributed by atoms with Crippen molar-refractivity contribution in [1.29, 1.82) is 0 Å². The summed E-state index contributed by atoms with van der Waals surface area (Å²) in [5.74, 6) is 2.45. The SMILES string of the molecule is Cc1cc(C)n2nc(Cc3nc(C4CNCCN4C)no3)nc2n1. The first-order valence-corrected chi connectivity index (χ1v) is 8.03. The molecule has 126 valence electrons. The molecule has 0 aromatic carbocycles. The maximum Gasteiger partial charge on any atom is 0.252 e. The van der Waals surface area contributed by atoms with Crippen LogP contribution in [-0.2, 0) is 6.42 Å². The topological polar surface area (TPSA) is 97.3 Å². The molecular weight excluding hydrogens is 308 g/mol. The Bertz CT molecular complexity index is 870. The second kappa shape index (κ2) is 5.91. The van der Waals surface area contributed by atoms with Crippen LogP contribution in [0.4, 0.5) is 0 Å². The molecule has 1 aliphatic rings. The highest BCUT2D eigenvalue weighted by atomic mass is 16.5. The number of aryl methyl sites for hydroxylation is 2. The number of piperazine rings is 1. The zero-order valence-corrected chi connectivity index (χ0v) is 14.0. The van der Waals surface area contributed by atoms with E-state index in [4.69, 9.17) is 4.52 Å². The van der Waals surface area contributed by atoms with Crippen molar-refractivity contribution in [2.75, 3.05) is 26.7 Å². The van der Waals surface area contributed by atoms with E-state index in [0.29, 0.717) is 29.7 Å². The van der Waals surface area contributed by atoms with Crippen molar-refractivity contribution in [1.82, 2.24) is 39.9 Å². The summed E-state index contributed by atoms with van der Waals surface area (Å²) in [6.07, 6.45) is 0.401. The van der Waals surface area contributed by atoms with E-state index in [2.05, 4.69) is 42.5 Å². The molecule has 4 heterocycles. The summed E-state index contributed by atoms with van der Waals surface area (Å²) in [5, 5.41) is 12.0. The van der Waals surface area contributed by atoms with E-state index in [1.807, 2.05) is 19.9 Å². The molecule has 0 bridgehead atoms. The van der Waals surface area contributed by atoms with Crippen LogP contribution < -0.4 is 5.32 Å². The van der Waals surface area contributed by atoms with Gasteiger partial charge < -0.3 is 9.84 Å². The van der Waals surface area contributed by atoms with E-state index in [1.165, 1.54) is 0 Å². The van der Waals surface area contributed by atoms with Crippen molar-refractivity contribution in [3.8, 4) is 0 Å². The van der Waals surface area contributed by atoms with Gasteiger partial charge in [-0.3, -0.25) is 4.90 Å². The highest BCUT2D eigenvalue weighted by molar-refractivity contribution is 5.31. The van der Waals surface area contributed by atoms with Crippen molar-refractivity contribution in [3.63, 3.8) is 0 Å². The van der Waals surface area contributed by atoms with Crippen LogP contribution >= 0.6 is 0 Å². The Kier molecular flexibility index (Phi) is 3.73. The molecule has 0 spiro atoms. The maximum atomic E-state index is 5.39. The van der Waals surface area contributed by atoms with Gasteiger partial charge in [0.25, 0.3) is 5.78 Å². The van der Waals surface area contributed by atoms with Gasteiger partial charge in [0.2, 0.25) is 5.89 Å². The van der Waals surface area contributed by atoms with Gasteiger partial charge in [-0.15, -0.1) is 5.10 Å². The molecule has 3 aromatic rings. The number of nitrogens with zero attached hydrogens (tertiary/aromatic N) is 7. The van der Waals surface area contributed by atoms with Crippen molar-refractivity contribution in [3.05, 3.63) is 35.0 Å². The van der Waals surface area contributed by atoms with E-state index in [9.17, 15) is 0 Å². The lowest BCUT2D eigenvalue weighted by Gasteiger charge is -2.30. The largest absolute Gasteiger partial charge is 0.339 e. The van der Waals surface area contributed by atoms with E-state index in [-0.39, 0.29) is 6.04 Å². The normalized spacial score (nSPS) is 19.2. The van der Waals surface area contributed by atoms with Gasteiger partial charge in [-0.2, -0.15) is 9.97 Å². The number of nitrogens with one attached hydrogen (secondary N) is 1. The van der Waals surface area contributed by atoms with Crippen LogP contribution in [0.1, 0.15) is 35.0 Å². The third kappa shape index (κ3) is 2.76. The standard InChI is InChI=1S/C15H20N8O/c1-9-6-10(2)23-15(17-9)18-12(20-23)7-13-19-14(21-24-13)11-8-16-4-5-22(11)3/h6,11,16H,4-5,7-8H2,1-3H3. The summed E-state index contributed by atoms with van der Waals surface area (Å²) in [4.78, 5) is 15.6. The molecule has 1 saturated heterocycles. The molecule has 1 aliphatic heterocycles. The molecule has 9 heteroatoms. The van der Waals surface area contributed by atoms with Gasteiger partial charge in [-0.05, 0) is 27.0 Å². The fourth-order valence-electron chi connectivity index (χ4n) is 2.99. The summed E-state index contributed by atoms with van der Waals surface area (Å²) in [6, 6.07) is 2.11. The first-order valence-electron chi connectivity index (χ1n) is 8.03. The zero-order chi connectivity index (χ0) is 16.7. The summed E-state index contributed by atoms with van der Waals surface area (Å²) >= 11 is 0. The molecule has 4 rings (SSSR count). The second-order valence-electron chi connectivity index (χ2n) is 6.20. The predicted octanol–water partition coefficient (Wildman–Crippen LogP) is 0.291. The van der Waals surface area contributed by atoms with E-state index in [0.717, 1.165) is 31.0 Å². The fourth-order valence-corrected chi connectivity index (χ4v) is 2.99. The summed E-state index contributed by atoms with van der Waals surface area (Å²) in [7, 11) is 2.07. The predicted molar refractivity (Wildman–Crippen MR) is 85.6 cm³/mol. The Hall–Kier alpha value is -2.39. The minimum Gasteiger partial charge on any atom is -0.339 e. The van der Waals surface area contributed by atoms with Crippen molar-refractivity contribution < 1.29 is 4.52 Å². The molecule has 0 amide bonds. The monoisotopic (exact) mass is 328 g/mol. The third-order valence-electron chi connectivity index (χ3n) is 4.26. The average molecular weight is 328 g/mol. The molecule has 1 unspecified atom stereocenters. The van der Waals surface area contributed by atoms with E-state index < -0.39 is 0 Å². The molecule has 0 radical (unpaired) electrons. The molecule has 1 atom stereocenters. The van der Waals surface area contributed by atoms with Crippen molar-refractivity contribution >= 4 is 5.78 Å². The number of rotatable bonds is 3. The lowest BCUT2D eigenvalue weighted by molar-refractivity contribution is 0.190. The van der Waals surface area contributed by atoms with E-state index >= 15 is 0 Å². The summed E-state index contributed by atoms with van der Waals surface area (Å²) in [6.45, 7) is 6.70. The Morgan fingerprint density at radius 3 is 3.00 bits per heavy atom. The number of fused-ring (bicyclic) bond motifs is 1. The number of hydrogen-bond donors (Lipinski definition) is 1. The van der Waals surface area contributed by atoms with Gasteiger partial charge in [0.1, 0.15) is 0 Å². The number of aromatic nitrogens is 6. The lowest BCUT2D eigenvalue weighted by atomic mass is 10.2. The third-order valence-corrected chi connectivity index (χ3v) is 4.26. The molecule has 0 saturated carbocycles. The summed E-state index contributed by atoms with van der Waals surface area (Å²) < 4.78 is 7.13. The first-order chi connectivity index (χ1) is 11.6. The Labute approximate surface area is 139 Å². The Balaban J connectivity index is 1.56. The Morgan fingerprint density at radius 1 is 1.29 bits per heavy atom. The average Bonchev–Trinajstić information content (AvgIpc) is 3.15. The number of likely N-dealkylation sites (N-methyl/N-ethyl adjacent to an activating group) is 1. The van der Waals surface area contributed by atoms with Crippen LogP contribution in [0.3, 0.4) is 0 Å². The second-order valence-corrected chi connectivity index (χ2v) is 6.20. The molecule has 0 aliphatic carbocycles. The smallest absolute Gasteiger partial charge is 0.252 e. The van der Waals surface area contributed by atoms with Crippen LogP contribution in [-0.4, -0.2) is 61.3 Å². The molecule has 9 nitrogen and oxygen atoms in total. The molecular formula is C15H20N8O. The number of hydrogen-bond acceptors (Lipinski definition) is 8. The van der Waals surface area contributed by atoms with Crippen LogP contribution in [0.5, 0.6) is 0 Å². The minimum absolute atomic E-state index is 0.136. The van der Waals surface area contributed by atoms with Crippen LogP contribution in [0.15, 0.2) is 10.6 Å². The molecule has 1 fully saturated rings. The van der Waals surface area contributed by atoms with Crippen LogP contribution in [0, 0.1) is 13.8 Å². The quantitative estimate of drug-likeness (QED) is 0.733. The Morgan fingerprint density at radius 2 is 2.17 bits per heavy atom. The molecule has 1 N–H and O–H groups in total. The van der Waals surface area contributed by atoms with Gasteiger partial charge in [0, 0.05) is 31.0 Å².